The first-order valence-corrected chi connectivity index (χ1v) is 11.6. The summed E-state index contributed by atoms with van der Waals surface area (Å²) in [6, 6.07) is 17.2. The van der Waals surface area contributed by atoms with Crippen LogP contribution in [0.5, 0.6) is 0 Å². The number of fused-ring (bicyclic) bond motifs is 1. The Bertz CT molecular complexity index is 1400. The van der Waals surface area contributed by atoms with Crippen LogP contribution in [0.3, 0.4) is 0 Å². The zero-order chi connectivity index (χ0) is 23.9. The van der Waals surface area contributed by atoms with Gasteiger partial charge in [-0.25, -0.2) is 14.4 Å². The lowest BCUT2D eigenvalue weighted by atomic mass is 9.92. The standard InChI is InChI=1S/C25H21FN4O3S/c26-17-12-15(28-21(31)13-18(27)24(32)33)6-7-16(17)22-29-19-8-9-20(30-23(19)34-22)25(10-11-25)14-4-2-1-3-5-14/h1-9,12,18H,10-11,13,27H2,(H,28,31)(H,32,33)/t18-/m1/s1. The van der Waals surface area contributed by atoms with Crippen LogP contribution in [0.2, 0.25) is 0 Å². The maximum Gasteiger partial charge on any atom is 0.321 e. The van der Waals surface area contributed by atoms with Crippen molar-refractivity contribution in [3.63, 3.8) is 0 Å². The number of amides is 1. The van der Waals surface area contributed by atoms with Crippen molar-refractivity contribution in [2.24, 2.45) is 5.73 Å². The summed E-state index contributed by atoms with van der Waals surface area (Å²) in [6.45, 7) is 0. The Morgan fingerprint density at radius 3 is 2.56 bits per heavy atom. The van der Waals surface area contributed by atoms with E-state index >= 15 is 0 Å². The number of halogens is 1. The molecule has 4 N–H and O–H groups in total. The zero-order valence-corrected chi connectivity index (χ0v) is 18.8. The molecule has 1 aliphatic carbocycles. The van der Waals surface area contributed by atoms with Crippen molar-refractivity contribution in [1.29, 1.82) is 0 Å². The second-order valence-electron chi connectivity index (χ2n) is 8.38. The van der Waals surface area contributed by atoms with Gasteiger partial charge in [0.1, 0.15) is 27.2 Å². The van der Waals surface area contributed by atoms with Gasteiger partial charge in [0.2, 0.25) is 5.91 Å². The number of hydrogen-bond acceptors (Lipinski definition) is 6. The van der Waals surface area contributed by atoms with Gasteiger partial charge in [-0.15, -0.1) is 0 Å². The van der Waals surface area contributed by atoms with Crippen LogP contribution < -0.4 is 11.1 Å². The minimum atomic E-state index is -1.32. The number of rotatable bonds is 7. The SMILES string of the molecule is N[C@H](CC(=O)Nc1ccc(-c2nc3ccc(C4(c5ccccc5)CC4)nc3s2)c(F)c1)C(=O)O. The van der Waals surface area contributed by atoms with Crippen molar-refractivity contribution in [3.05, 3.63) is 77.7 Å². The average Bonchev–Trinajstić information content (AvgIpc) is 3.52. The van der Waals surface area contributed by atoms with Gasteiger partial charge in [-0.05, 0) is 48.7 Å². The molecule has 1 saturated carbocycles. The van der Waals surface area contributed by atoms with Crippen LogP contribution in [0.25, 0.3) is 20.9 Å². The molecule has 0 spiro atoms. The summed E-state index contributed by atoms with van der Waals surface area (Å²) >= 11 is 1.32. The Morgan fingerprint density at radius 1 is 1.12 bits per heavy atom. The van der Waals surface area contributed by atoms with Gasteiger partial charge in [0.25, 0.3) is 0 Å². The molecule has 1 fully saturated rings. The number of aliphatic carboxylic acids is 1. The van der Waals surface area contributed by atoms with E-state index in [4.69, 9.17) is 15.8 Å². The highest BCUT2D eigenvalue weighted by Gasteiger charge is 2.47. The topological polar surface area (TPSA) is 118 Å². The van der Waals surface area contributed by atoms with E-state index in [9.17, 15) is 14.0 Å². The zero-order valence-electron chi connectivity index (χ0n) is 18.0. The normalized spacial score (nSPS) is 15.1. The number of nitrogens with one attached hydrogen (secondary N) is 1. The Kier molecular flexibility index (Phi) is 5.59. The minimum Gasteiger partial charge on any atom is -0.480 e. The first-order chi connectivity index (χ1) is 16.4. The van der Waals surface area contributed by atoms with Crippen LogP contribution >= 0.6 is 11.3 Å². The van der Waals surface area contributed by atoms with E-state index in [1.807, 2.05) is 30.3 Å². The molecule has 1 atom stereocenters. The number of aromatic nitrogens is 2. The maximum atomic E-state index is 14.9. The van der Waals surface area contributed by atoms with Gasteiger partial charge in [0.05, 0.1) is 12.1 Å². The number of carboxylic acid groups (broad SMARTS) is 1. The third kappa shape index (κ3) is 4.15. The second-order valence-corrected chi connectivity index (χ2v) is 9.36. The summed E-state index contributed by atoms with van der Waals surface area (Å²) in [6.07, 6.45) is 1.68. The molecule has 1 aliphatic rings. The summed E-state index contributed by atoms with van der Waals surface area (Å²) in [4.78, 5) is 32.9. The lowest BCUT2D eigenvalue weighted by Crippen LogP contribution is -2.34. The van der Waals surface area contributed by atoms with E-state index < -0.39 is 30.2 Å². The van der Waals surface area contributed by atoms with Crippen LogP contribution in [0, 0.1) is 5.82 Å². The highest BCUT2D eigenvalue weighted by atomic mass is 32.1. The van der Waals surface area contributed by atoms with Gasteiger partial charge in [-0.1, -0.05) is 41.7 Å². The van der Waals surface area contributed by atoms with Crippen LogP contribution in [0.15, 0.2) is 60.7 Å². The van der Waals surface area contributed by atoms with Crippen molar-refractivity contribution in [1.82, 2.24) is 9.97 Å². The minimum absolute atomic E-state index is 0.0616. The number of nitrogens with two attached hydrogens (primary N) is 1. The molecule has 7 nitrogen and oxygen atoms in total. The quantitative estimate of drug-likeness (QED) is 0.366. The van der Waals surface area contributed by atoms with E-state index in [1.165, 1.54) is 29.0 Å². The van der Waals surface area contributed by atoms with Crippen molar-refractivity contribution < 1.29 is 19.1 Å². The fraction of sp³-hybridized carbons (Fsp3) is 0.200. The smallest absolute Gasteiger partial charge is 0.321 e. The van der Waals surface area contributed by atoms with Crippen LogP contribution in [0.1, 0.15) is 30.5 Å². The van der Waals surface area contributed by atoms with Crippen molar-refractivity contribution in [3.8, 4) is 10.6 Å². The number of benzene rings is 2. The molecule has 0 saturated heterocycles. The highest BCUT2D eigenvalue weighted by Crippen LogP contribution is 2.53. The number of carbonyl (C=O) groups excluding carboxylic acids is 1. The lowest BCUT2D eigenvalue weighted by Gasteiger charge is -2.14. The van der Waals surface area contributed by atoms with Crippen LogP contribution in [0.4, 0.5) is 10.1 Å². The van der Waals surface area contributed by atoms with E-state index in [1.54, 1.807) is 6.07 Å². The van der Waals surface area contributed by atoms with E-state index in [-0.39, 0.29) is 11.1 Å². The maximum absolute atomic E-state index is 14.9. The molecule has 172 valence electrons. The Morgan fingerprint density at radius 2 is 1.88 bits per heavy atom. The number of thiazole rings is 1. The molecule has 4 aromatic rings. The molecule has 0 radical (unpaired) electrons. The molecule has 9 heteroatoms. The third-order valence-corrected chi connectivity index (χ3v) is 7.03. The predicted molar refractivity (Wildman–Crippen MR) is 128 cm³/mol. The summed E-state index contributed by atoms with van der Waals surface area (Å²) in [7, 11) is 0. The number of anilines is 1. The number of carbonyl (C=O) groups is 2. The molecular weight excluding hydrogens is 455 g/mol. The fourth-order valence-corrected chi connectivity index (χ4v) is 5.00. The average molecular weight is 477 g/mol. The highest BCUT2D eigenvalue weighted by molar-refractivity contribution is 7.21. The molecule has 0 unspecified atom stereocenters. The predicted octanol–water partition coefficient (Wildman–Crippen LogP) is 4.32. The van der Waals surface area contributed by atoms with E-state index in [0.717, 1.165) is 23.4 Å². The summed E-state index contributed by atoms with van der Waals surface area (Å²) in [5.74, 6) is -2.44. The first-order valence-electron chi connectivity index (χ1n) is 10.8. The largest absolute Gasteiger partial charge is 0.480 e. The van der Waals surface area contributed by atoms with Gasteiger partial charge in [0, 0.05) is 16.7 Å². The van der Waals surface area contributed by atoms with Gasteiger partial charge in [0.15, 0.2) is 0 Å². The van der Waals surface area contributed by atoms with E-state index in [0.29, 0.717) is 16.1 Å². The Labute approximate surface area is 198 Å². The third-order valence-electron chi connectivity index (χ3n) is 6.03. The van der Waals surface area contributed by atoms with Gasteiger partial charge < -0.3 is 16.2 Å². The molecule has 0 bridgehead atoms. The molecule has 34 heavy (non-hydrogen) atoms. The molecule has 2 aromatic carbocycles. The summed E-state index contributed by atoms with van der Waals surface area (Å²) in [5.41, 5.74) is 8.77. The second kappa shape index (κ2) is 8.58. The van der Waals surface area contributed by atoms with Crippen LogP contribution in [-0.4, -0.2) is 33.0 Å². The van der Waals surface area contributed by atoms with Crippen molar-refractivity contribution in [2.75, 3.05) is 5.32 Å². The Hall–Kier alpha value is -3.69. The van der Waals surface area contributed by atoms with Crippen LogP contribution in [-0.2, 0) is 15.0 Å². The molecule has 2 heterocycles. The number of hydrogen-bond donors (Lipinski definition) is 3. The summed E-state index contributed by atoms with van der Waals surface area (Å²) in [5, 5.41) is 11.8. The fourth-order valence-electron chi connectivity index (χ4n) is 4.04. The molecule has 5 rings (SSSR count). The lowest BCUT2D eigenvalue weighted by molar-refractivity contribution is -0.140. The van der Waals surface area contributed by atoms with Gasteiger partial charge in [-0.2, -0.15) is 0 Å². The van der Waals surface area contributed by atoms with E-state index in [2.05, 4.69) is 22.4 Å². The molecule has 0 aliphatic heterocycles. The molecular formula is C25H21FN4O3S. The first kappa shape index (κ1) is 22.1. The summed E-state index contributed by atoms with van der Waals surface area (Å²) < 4.78 is 14.9. The number of nitrogens with zero attached hydrogens (tertiary/aromatic N) is 2. The van der Waals surface area contributed by atoms with Gasteiger partial charge >= 0.3 is 5.97 Å². The number of pyridine rings is 1. The number of carboxylic acids is 1. The molecule has 1 amide bonds. The monoisotopic (exact) mass is 476 g/mol. The van der Waals surface area contributed by atoms with Crippen molar-refractivity contribution in [2.45, 2.75) is 30.7 Å². The van der Waals surface area contributed by atoms with Crippen molar-refractivity contribution >= 4 is 39.2 Å². The van der Waals surface area contributed by atoms with Gasteiger partial charge in [-0.3, -0.25) is 9.59 Å². The Balaban J connectivity index is 1.38. The molecule has 2 aromatic heterocycles.